The minimum atomic E-state index is -0.836. The molecule has 0 aromatic heterocycles. The zero-order valence-electron chi connectivity index (χ0n) is 11.8. The normalized spacial score (nSPS) is 27.5. The largest absolute Gasteiger partial charge is 0.481 e. The third kappa shape index (κ3) is 3.41. The van der Waals surface area contributed by atoms with Gasteiger partial charge in [-0.15, -0.1) is 0 Å². The van der Waals surface area contributed by atoms with Crippen LogP contribution in [0.5, 0.6) is 0 Å². The smallest absolute Gasteiger partial charge is 0.317 e. The summed E-state index contributed by atoms with van der Waals surface area (Å²) in [6.45, 7) is 3.35. The predicted octanol–water partition coefficient (Wildman–Crippen LogP) is 1.43. The van der Waals surface area contributed by atoms with Gasteiger partial charge in [0, 0.05) is 31.5 Å². The Morgan fingerprint density at radius 3 is 2.70 bits per heavy atom. The summed E-state index contributed by atoms with van der Waals surface area (Å²) in [7, 11) is 0. The van der Waals surface area contributed by atoms with Crippen LogP contribution in [-0.2, 0) is 4.79 Å². The van der Waals surface area contributed by atoms with Gasteiger partial charge in [0.1, 0.15) is 0 Å². The molecular weight excluding hydrogens is 258 g/mol. The van der Waals surface area contributed by atoms with E-state index < -0.39 is 11.9 Å². The number of carboxylic acids is 1. The fourth-order valence-corrected chi connectivity index (χ4v) is 2.83. The molecule has 2 aliphatic rings. The van der Waals surface area contributed by atoms with Gasteiger partial charge in [-0.2, -0.15) is 5.26 Å². The van der Waals surface area contributed by atoms with Crippen molar-refractivity contribution in [3.63, 3.8) is 0 Å². The lowest BCUT2D eigenvalue weighted by atomic mass is 9.91. The highest BCUT2D eigenvalue weighted by molar-refractivity contribution is 5.76. The summed E-state index contributed by atoms with van der Waals surface area (Å²) < 4.78 is 0. The van der Waals surface area contributed by atoms with Crippen molar-refractivity contribution >= 4 is 12.0 Å². The third-order valence-electron chi connectivity index (χ3n) is 4.32. The Bertz CT molecular complexity index is 439. The van der Waals surface area contributed by atoms with Crippen LogP contribution >= 0.6 is 0 Å². The third-order valence-corrected chi connectivity index (χ3v) is 4.32. The van der Waals surface area contributed by atoms with Gasteiger partial charge in [0.15, 0.2) is 0 Å². The zero-order valence-corrected chi connectivity index (χ0v) is 11.8. The van der Waals surface area contributed by atoms with E-state index in [4.69, 9.17) is 10.4 Å². The van der Waals surface area contributed by atoms with E-state index in [1.807, 2.05) is 6.92 Å². The molecule has 0 aromatic rings. The predicted molar refractivity (Wildman–Crippen MR) is 71.8 cm³/mol. The number of likely N-dealkylation sites (tertiary alicyclic amines) is 1. The summed E-state index contributed by atoms with van der Waals surface area (Å²) in [6, 6.07) is 1.96. The fraction of sp³-hybridized carbons (Fsp3) is 0.786. The first-order valence-corrected chi connectivity index (χ1v) is 7.08. The van der Waals surface area contributed by atoms with E-state index in [-0.39, 0.29) is 23.9 Å². The van der Waals surface area contributed by atoms with Crippen molar-refractivity contribution in [1.29, 1.82) is 5.26 Å². The second-order valence-electron chi connectivity index (χ2n) is 6.27. The molecular formula is C14H21N3O3. The highest BCUT2D eigenvalue weighted by Gasteiger charge is 2.43. The van der Waals surface area contributed by atoms with E-state index in [9.17, 15) is 9.59 Å². The number of nitrogens with zero attached hydrogens (tertiary/aromatic N) is 2. The second-order valence-corrected chi connectivity index (χ2v) is 6.27. The molecule has 2 N–H and O–H groups in total. The van der Waals surface area contributed by atoms with Gasteiger partial charge in [-0.05, 0) is 25.2 Å². The van der Waals surface area contributed by atoms with Gasteiger partial charge in [-0.3, -0.25) is 4.79 Å². The molecule has 20 heavy (non-hydrogen) atoms. The first-order chi connectivity index (χ1) is 9.46. The van der Waals surface area contributed by atoms with Gasteiger partial charge in [0.2, 0.25) is 0 Å². The van der Waals surface area contributed by atoms with Gasteiger partial charge in [0.05, 0.1) is 12.0 Å². The standard InChI is InChI=1S/C14H21N3O3/c1-10-6-11(12(18)19)8-17(7-10)13(20)16-9-14(2-3-14)4-5-15/h10-11H,2-4,6-9H2,1H3,(H,16,20)(H,18,19). The minimum Gasteiger partial charge on any atom is -0.481 e. The Kier molecular flexibility index (Phi) is 4.17. The fourth-order valence-electron chi connectivity index (χ4n) is 2.83. The Morgan fingerprint density at radius 2 is 2.15 bits per heavy atom. The van der Waals surface area contributed by atoms with Crippen LogP contribution in [0.4, 0.5) is 4.79 Å². The van der Waals surface area contributed by atoms with Gasteiger partial charge in [-0.1, -0.05) is 6.92 Å². The molecule has 2 amide bonds. The lowest BCUT2D eigenvalue weighted by molar-refractivity contribution is -0.143. The van der Waals surface area contributed by atoms with E-state index in [0.29, 0.717) is 25.9 Å². The molecule has 2 atom stereocenters. The van der Waals surface area contributed by atoms with E-state index in [1.54, 1.807) is 4.90 Å². The number of nitriles is 1. The monoisotopic (exact) mass is 279 g/mol. The second kappa shape index (κ2) is 5.70. The molecule has 1 aliphatic carbocycles. The zero-order chi connectivity index (χ0) is 14.8. The van der Waals surface area contributed by atoms with E-state index in [2.05, 4.69) is 11.4 Å². The first-order valence-electron chi connectivity index (χ1n) is 7.08. The Labute approximate surface area is 118 Å². The number of amides is 2. The van der Waals surface area contributed by atoms with Crippen LogP contribution in [0.25, 0.3) is 0 Å². The molecule has 1 saturated carbocycles. The highest BCUT2D eigenvalue weighted by atomic mass is 16.4. The molecule has 0 aromatic carbocycles. The molecule has 6 nitrogen and oxygen atoms in total. The number of piperidine rings is 1. The highest BCUT2D eigenvalue weighted by Crippen LogP contribution is 2.47. The lowest BCUT2D eigenvalue weighted by Gasteiger charge is -2.34. The molecule has 2 fully saturated rings. The minimum absolute atomic E-state index is 0.0297. The molecule has 2 rings (SSSR count). The SMILES string of the molecule is CC1CC(C(=O)O)CN(C(=O)NCC2(CC#N)CC2)C1. The average molecular weight is 279 g/mol. The quantitative estimate of drug-likeness (QED) is 0.814. The molecule has 1 heterocycles. The average Bonchev–Trinajstić information content (AvgIpc) is 3.16. The van der Waals surface area contributed by atoms with Crippen molar-refractivity contribution < 1.29 is 14.7 Å². The van der Waals surface area contributed by atoms with Gasteiger partial charge >= 0.3 is 12.0 Å². The van der Waals surface area contributed by atoms with Crippen LogP contribution < -0.4 is 5.32 Å². The van der Waals surface area contributed by atoms with E-state index in [1.165, 1.54) is 0 Å². The van der Waals surface area contributed by atoms with Crippen LogP contribution in [0.2, 0.25) is 0 Å². The molecule has 1 aliphatic heterocycles. The molecule has 6 heteroatoms. The summed E-state index contributed by atoms with van der Waals surface area (Å²) in [5.74, 6) is -1.11. The molecule has 0 bridgehead atoms. The van der Waals surface area contributed by atoms with Crippen LogP contribution in [0.1, 0.15) is 32.6 Å². The summed E-state index contributed by atoms with van der Waals surface area (Å²) >= 11 is 0. The van der Waals surface area contributed by atoms with E-state index in [0.717, 1.165) is 12.8 Å². The maximum Gasteiger partial charge on any atom is 0.317 e. The lowest BCUT2D eigenvalue weighted by Crippen LogP contribution is -2.50. The molecule has 2 unspecified atom stereocenters. The van der Waals surface area contributed by atoms with Crippen LogP contribution in [-0.4, -0.2) is 41.6 Å². The van der Waals surface area contributed by atoms with Crippen molar-refractivity contribution in [2.24, 2.45) is 17.3 Å². The number of carbonyl (C=O) groups is 2. The molecule has 1 saturated heterocycles. The van der Waals surface area contributed by atoms with Crippen LogP contribution in [0.3, 0.4) is 0 Å². The van der Waals surface area contributed by atoms with Gasteiger partial charge in [0.25, 0.3) is 0 Å². The van der Waals surface area contributed by atoms with Crippen molar-refractivity contribution in [2.45, 2.75) is 32.6 Å². The van der Waals surface area contributed by atoms with Crippen LogP contribution in [0, 0.1) is 28.6 Å². The number of carbonyl (C=O) groups excluding carboxylic acids is 1. The summed E-state index contributed by atoms with van der Waals surface area (Å²) in [6.07, 6.45) is 3.06. The number of aliphatic carboxylic acids is 1. The number of nitrogens with one attached hydrogen (secondary N) is 1. The number of rotatable bonds is 4. The molecule has 0 spiro atoms. The Balaban J connectivity index is 1.85. The molecule has 0 radical (unpaired) electrons. The topological polar surface area (TPSA) is 93.4 Å². The summed E-state index contributed by atoms with van der Waals surface area (Å²) in [4.78, 5) is 24.8. The van der Waals surface area contributed by atoms with Crippen molar-refractivity contribution in [3.05, 3.63) is 0 Å². The van der Waals surface area contributed by atoms with Gasteiger partial charge in [-0.25, -0.2) is 4.79 Å². The van der Waals surface area contributed by atoms with Gasteiger partial charge < -0.3 is 15.3 Å². The van der Waals surface area contributed by atoms with E-state index >= 15 is 0 Å². The van der Waals surface area contributed by atoms with Crippen LogP contribution in [0.15, 0.2) is 0 Å². The number of hydrogen-bond donors (Lipinski definition) is 2. The van der Waals surface area contributed by atoms with Crippen molar-refractivity contribution in [2.75, 3.05) is 19.6 Å². The molecule has 110 valence electrons. The summed E-state index contributed by atoms with van der Waals surface area (Å²) in [5.41, 5.74) is -0.0297. The Hall–Kier alpha value is -1.77. The summed E-state index contributed by atoms with van der Waals surface area (Å²) in [5, 5.41) is 20.7. The Morgan fingerprint density at radius 1 is 1.45 bits per heavy atom. The number of hydrogen-bond acceptors (Lipinski definition) is 3. The number of urea groups is 1. The maximum atomic E-state index is 12.1. The van der Waals surface area contributed by atoms with Crippen molar-refractivity contribution in [3.8, 4) is 6.07 Å². The number of carboxylic acid groups (broad SMARTS) is 1. The van der Waals surface area contributed by atoms with Crippen molar-refractivity contribution in [1.82, 2.24) is 10.2 Å². The first kappa shape index (κ1) is 14.6. The maximum absolute atomic E-state index is 12.1.